The molecule has 0 N–H and O–H groups in total. The second-order valence-corrected chi connectivity index (χ2v) is 4.49. The van der Waals surface area contributed by atoms with Gasteiger partial charge in [0.1, 0.15) is 5.82 Å². The van der Waals surface area contributed by atoms with E-state index in [2.05, 4.69) is 0 Å². The van der Waals surface area contributed by atoms with Gasteiger partial charge in [-0.3, -0.25) is 0 Å². The van der Waals surface area contributed by atoms with Crippen LogP contribution >= 0.6 is 0 Å². The van der Waals surface area contributed by atoms with Crippen LogP contribution in [0.4, 0.5) is 17.6 Å². The molecular weight excluding hydrogens is 256 g/mol. The fourth-order valence-electron chi connectivity index (χ4n) is 1.97. The normalized spacial score (nSPS) is 11.7. The molecule has 0 amide bonds. The van der Waals surface area contributed by atoms with E-state index in [1.165, 1.54) is 18.2 Å². The summed E-state index contributed by atoms with van der Waals surface area (Å²) < 4.78 is 51.4. The van der Waals surface area contributed by atoms with E-state index in [9.17, 15) is 17.6 Å². The van der Waals surface area contributed by atoms with Crippen LogP contribution in [0, 0.1) is 19.7 Å². The van der Waals surface area contributed by atoms with Crippen molar-refractivity contribution in [1.82, 2.24) is 0 Å². The van der Waals surface area contributed by atoms with Crippen molar-refractivity contribution in [1.29, 1.82) is 0 Å². The van der Waals surface area contributed by atoms with Crippen LogP contribution < -0.4 is 0 Å². The second kappa shape index (κ2) is 4.68. The Labute approximate surface area is 108 Å². The van der Waals surface area contributed by atoms with Crippen LogP contribution in [-0.2, 0) is 6.18 Å². The lowest BCUT2D eigenvalue weighted by Crippen LogP contribution is -2.05. The maximum absolute atomic E-state index is 13.3. The molecule has 0 spiro atoms. The van der Waals surface area contributed by atoms with E-state index in [1.807, 2.05) is 0 Å². The quantitative estimate of drug-likeness (QED) is 0.629. The van der Waals surface area contributed by atoms with Crippen molar-refractivity contribution in [3.05, 3.63) is 58.9 Å². The van der Waals surface area contributed by atoms with E-state index < -0.39 is 17.6 Å². The molecule has 0 radical (unpaired) electrons. The smallest absolute Gasteiger partial charge is 0.207 e. The molecule has 2 aromatic carbocycles. The third-order valence-corrected chi connectivity index (χ3v) is 3.05. The molecule has 100 valence electrons. The van der Waals surface area contributed by atoms with Crippen LogP contribution in [0.1, 0.15) is 16.7 Å². The number of rotatable bonds is 1. The summed E-state index contributed by atoms with van der Waals surface area (Å²) in [7, 11) is 0. The fraction of sp³-hybridized carbons (Fsp3) is 0.200. The highest BCUT2D eigenvalue weighted by Gasteiger charge is 2.30. The van der Waals surface area contributed by atoms with Crippen molar-refractivity contribution in [2.45, 2.75) is 20.0 Å². The van der Waals surface area contributed by atoms with Gasteiger partial charge in [-0.15, -0.1) is 0 Å². The summed E-state index contributed by atoms with van der Waals surface area (Å²) in [6.07, 6.45) is -4.40. The molecule has 0 atom stereocenters. The van der Waals surface area contributed by atoms with Crippen molar-refractivity contribution in [2.24, 2.45) is 0 Å². The Hall–Kier alpha value is -1.84. The Morgan fingerprint density at radius 1 is 0.789 bits per heavy atom. The minimum absolute atomic E-state index is 0.409. The van der Waals surface area contributed by atoms with Crippen molar-refractivity contribution in [3.8, 4) is 11.1 Å². The number of hydrogen-bond donors (Lipinski definition) is 0. The average Bonchev–Trinajstić information content (AvgIpc) is 2.32. The predicted octanol–water partition coefficient (Wildman–Crippen LogP) is 5.13. The summed E-state index contributed by atoms with van der Waals surface area (Å²) in [6.45, 7) is 3.45. The topological polar surface area (TPSA) is 0 Å². The summed E-state index contributed by atoms with van der Waals surface area (Å²) in [4.78, 5) is 0. The molecule has 0 aromatic heterocycles. The largest absolute Gasteiger partial charge is 0.416 e. The van der Waals surface area contributed by atoms with Crippen LogP contribution in [0.15, 0.2) is 36.4 Å². The SMILES string of the molecule is Cc1ccc(F)cc1-c1cc(C(F)(F)F)ccc1C. The molecule has 2 aromatic rings. The zero-order valence-electron chi connectivity index (χ0n) is 10.5. The second-order valence-electron chi connectivity index (χ2n) is 4.49. The molecule has 0 nitrogen and oxygen atoms in total. The molecule has 4 heteroatoms. The van der Waals surface area contributed by atoms with E-state index in [1.54, 1.807) is 19.9 Å². The Balaban J connectivity index is 2.64. The number of alkyl halides is 3. The average molecular weight is 268 g/mol. The molecule has 0 saturated heterocycles. The van der Waals surface area contributed by atoms with Crippen LogP contribution in [0.2, 0.25) is 0 Å². The Kier molecular flexibility index (Phi) is 3.35. The molecule has 0 aliphatic carbocycles. The van der Waals surface area contributed by atoms with Gasteiger partial charge in [-0.05, 0) is 60.4 Å². The number of benzene rings is 2. The number of aryl methyl sites for hydroxylation is 2. The summed E-state index contributed by atoms with van der Waals surface area (Å²) in [5.74, 6) is -0.461. The van der Waals surface area contributed by atoms with Crippen LogP contribution in [0.25, 0.3) is 11.1 Å². The van der Waals surface area contributed by atoms with Gasteiger partial charge in [0.2, 0.25) is 0 Å². The first-order chi connectivity index (χ1) is 8.79. The van der Waals surface area contributed by atoms with Gasteiger partial charge in [0, 0.05) is 0 Å². The molecule has 0 aliphatic heterocycles. The molecular formula is C15H12F4. The molecule has 0 fully saturated rings. The van der Waals surface area contributed by atoms with Crippen molar-refractivity contribution in [3.63, 3.8) is 0 Å². The highest BCUT2D eigenvalue weighted by molar-refractivity contribution is 5.71. The highest BCUT2D eigenvalue weighted by atomic mass is 19.4. The molecule has 19 heavy (non-hydrogen) atoms. The molecule has 0 unspecified atom stereocenters. The van der Waals surface area contributed by atoms with Crippen LogP contribution in [-0.4, -0.2) is 0 Å². The zero-order valence-corrected chi connectivity index (χ0v) is 10.5. The predicted molar refractivity (Wildman–Crippen MR) is 66.3 cm³/mol. The number of halogens is 4. The van der Waals surface area contributed by atoms with Gasteiger partial charge in [0.15, 0.2) is 0 Å². The van der Waals surface area contributed by atoms with Gasteiger partial charge >= 0.3 is 6.18 Å². The standard InChI is InChI=1S/C15H12F4/c1-9-3-5-11(15(17,18)19)7-13(9)14-8-12(16)6-4-10(14)2/h3-8H,1-2H3. The third kappa shape index (κ3) is 2.78. The van der Waals surface area contributed by atoms with E-state index in [-0.39, 0.29) is 0 Å². The monoisotopic (exact) mass is 268 g/mol. The molecule has 0 bridgehead atoms. The summed E-state index contributed by atoms with van der Waals surface area (Å²) >= 11 is 0. The fourth-order valence-corrected chi connectivity index (χ4v) is 1.97. The summed E-state index contributed by atoms with van der Waals surface area (Å²) in [5, 5.41) is 0. The van der Waals surface area contributed by atoms with E-state index >= 15 is 0 Å². The Bertz CT molecular complexity index is 612. The first kappa shape index (κ1) is 13.6. The third-order valence-electron chi connectivity index (χ3n) is 3.05. The number of hydrogen-bond acceptors (Lipinski definition) is 0. The first-order valence-corrected chi connectivity index (χ1v) is 5.73. The first-order valence-electron chi connectivity index (χ1n) is 5.73. The van der Waals surface area contributed by atoms with E-state index in [4.69, 9.17) is 0 Å². The van der Waals surface area contributed by atoms with Crippen LogP contribution in [0.3, 0.4) is 0 Å². The highest BCUT2D eigenvalue weighted by Crippen LogP contribution is 2.35. The van der Waals surface area contributed by atoms with Gasteiger partial charge in [-0.25, -0.2) is 4.39 Å². The minimum Gasteiger partial charge on any atom is -0.207 e. The maximum atomic E-state index is 13.3. The van der Waals surface area contributed by atoms with Crippen molar-refractivity contribution < 1.29 is 17.6 Å². The molecule has 0 heterocycles. The van der Waals surface area contributed by atoms with Gasteiger partial charge in [0.25, 0.3) is 0 Å². The molecule has 2 rings (SSSR count). The summed E-state index contributed by atoms with van der Waals surface area (Å²) in [6, 6.07) is 7.62. The minimum atomic E-state index is -4.40. The lowest BCUT2D eigenvalue weighted by Gasteiger charge is -2.13. The lowest BCUT2D eigenvalue weighted by atomic mass is 9.94. The van der Waals surface area contributed by atoms with E-state index in [0.29, 0.717) is 16.7 Å². The zero-order chi connectivity index (χ0) is 14.2. The Morgan fingerprint density at radius 2 is 1.32 bits per heavy atom. The van der Waals surface area contributed by atoms with Gasteiger partial charge < -0.3 is 0 Å². The van der Waals surface area contributed by atoms with Gasteiger partial charge in [0.05, 0.1) is 5.56 Å². The van der Waals surface area contributed by atoms with Crippen LogP contribution in [0.5, 0.6) is 0 Å². The van der Waals surface area contributed by atoms with Gasteiger partial charge in [-0.2, -0.15) is 13.2 Å². The Morgan fingerprint density at radius 3 is 1.89 bits per heavy atom. The summed E-state index contributed by atoms with van der Waals surface area (Å²) in [5.41, 5.74) is 1.60. The van der Waals surface area contributed by atoms with Crippen molar-refractivity contribution >= 4 is 0 Å². The lowest BCUT2D eigenvalue weighted by molar-refractivity contribution is -0.137. The maximum Gasteiger partial charge on any atom is 0.416 e. The van der Waals surface area contributed by atoms with E-state index in [0.717, 1.165) is 17.7 Å². The van der Waals surface area contributed by atoms with Crippen molar-refractivity contribution in [2.75, 3.05) is 0 Å². The molecule has 0 saturated carbocycles. The van der Waals surface area contributed by atoms with Gasteiger partial charge in [-0.1, -0.05) is 12.1 Å². The molecule has 0 aliphatic rings.